The fourth-order valence-corrected chi connectivity index (χ4v) is 4.93. The molecule has 2 N–H and O–H groups in total. The number of hydrogen-bond acceptors (Lipinski definition) is 5. The zero-order valence-corrected chi connectivity index (χ0v) is 23.1. The first-order valence-corrected chi connectivity index (χ1v) is 14.4. The van der Waals surface area contributed by atoms with Gasteiger partial charge in [-0.05, 0) is 35.1 Å². The molecule has 0 bridgehead atoms. The molecule has 0 saturated carbocycles. The van der Waals surface area contributed by atoms with Crippen LogP contribution in [-0.4, -0.2) is 33.2 Å². The van der Waals surface area contributed by atoms with Gasteiger partial charge >= 0.3 is 5.97 Å². The number of carbonyl (C=O) groups excluding carboxylic acids is 1. The van der Waals surface area contributed by atoms with Crippen molar-refractivity contribution in [3.63, 3.8) is 0 Å². The molecule has 0 radical (unpaired) electrons. The SMILES string of the molecule is CC(C)c1nc(-c2ccccc2)c(-c2ccccc2)c(-c2ccc(F)cc2)c1C#COC(=O)CC(O)C[PH](=O)O. The van der Waals surface area contributed by atoms with Crippen LogP contribution in [0, 0.1) is 17.8 Å². The van der Waals surface area contributed by atoms with Crippen molar-refractivity contribution in [2.45, 2.75) is 32.3 Å². The molecule has 1 heterocycles. The quantitative estimate of drug-likeness (QED) is 0.148. The number of halogens is 1. The highest BCUT2D eigenvalue weighted by atomic mass is 31.1. The molecular formula is C32H29FNO5P. The Hall–Kier alpha value is -4.08. The smallest absolute Gasteiger partial charge is 0.322 e. The number of benzene rings is 3. The summed E-state index contributed by atoms with van der Waals surface area (Å²) in [5, 5.41) is 9.82. The number of rotatable bonds is 8. The van der Waals surface area contributed by atoms with Gasteiger partial charge in [-0.3, -0.25) is 14.3 Å². The average Bonchev–Trinajstić information content (AvgIpc) is 2.93. The number of pyridine rings is 1. The maximum Gasteiger partial charge on any atom is 0.322 e. The minimum atomic E-state index is -2.93. The number of carbonyl (C=O) groups is 1. The molecule has 2 unspecified atom stereocenters. The zero-order chi connectivity index (χ0) is 28.6. The van der Waals surface area contributed by atoms with Crippen LogP contribution < -0.4 is 0 Å². The molecule has 0 fully saturated rings. The highest BCUT2D eigenvalue weighted by Gasteiger charge is 2.24. The topological polar surface area (TPSA) is 96.7 Å². The normalized spacial score (nSPS) is 12.3. The van der Waals surface area contributed by atoms with Crippen LogP contribution in [0.15, 0.2) is 84.9 Å². The van der Waals surface area contributed by atoms with Crippen LogP contribution >= 0.6 is 8.03 Å². The number of hydrogen-bond donors (Lipinski definition) is 2. The largest absolute Gasteiger partial charge is 0.392 e. The summed E-state index contributed by atoms with van der Waals surface area (Å²) in [6, 6.07) is 25.6. The van der Waals surface area contributed by atoms with E-state index in [-0.39, 0.29) is 11.7 Å². The molecule has 0 spiro atoms. The van der Waals surface area contributed by atoms with Gasteiger partial charge in [0.1, 0.15) is 11.9 Å². The van der Waals surface area contributed by atoms with Gasteiger partial charge in [-0.1, -0.05) is 86.6 Å². The minimum absolute atomic E-state index is 0.0736. The molecule has 4 rings (SSSR count). The maximum absolute atomic E-state index is 14.0. The zero-order valence-electron chi connectivity index (χ0n) is 22.1. The van der Waals surface area contributed by atoms with Gasteiger partial charge in [-0.15, -0.1) is 0 Å². The molecule has 8 heteroatoms. The van der Waals surface area contributed by atoms with E-state index in [1.807, 2.05) is 74.5 Å². The van der Waals surface area contributed by atoms with Crippen molar-refractivity contribution >= 4 is 14.0 Å². The Balaban J connectivity index is 1.96. The van der Waals surface area contributed by atoms with E-state index in [2.05, 4.69) is 12.0 Å². The van der Waals surface area contributed by atoms with Gasteiger partial charge in [0.05, 0.1) is 29.5 Å². The van der Waals surface area contributed by atoms with Crippen LogP contribution in [0.1, 0.15) is 37.4 Å². The average molecular weight is 558 g/mol. The Morgan fingerprint density at radius 3 is 2.08 bits per heavy atom. The molecule has 4 aromatic rings. The van der Waals surface area contributed by atoms with Crippen LogP contribution in [0.3, 0.4) is 0 Å². The second kappa shape index (κ2) is 13.3. The predicted octanol–water partition coefficient (Wildman–Crippen LogP) is 6.42. The Bertz CT molecular complexity index is 1560. The first-order valence-electron chi connectivity index (χ1n) is 12.8. The first-order chi connectivity index (χ1) is 19.2. The van der Waals surface area contributed by atoms with E-state index in [1.54, 1.807) is 12.1 Å². The summed E-state index contributed by atoms with van der Waals surface area (Å²) in [5.74, 6) is 1.70. The summed E-state index contributed by atoms with van der Waals surface area (Å²) in [6.45, 7) is 3.97. The van der Waals surface area contributed by atoms with Crippen molar-refractivity contribution in [2.24, 2.45) is 0 Å². The second-order valence-corrected chi connectivity index (χ2v) is 10.7. The van der Waals surface area contributed by atoms with Crippen molar-refractivity contribution < 1.29 is 28.5 Å². The Kier molecular flexibility index (Phi) is 9.63. The molecule has 2 atom stereocenters. The number of ether oxygens (including phenoxy) is 1. The molecule has 0 aliphatic rings. The number of esters is 1. The summed E-state index contributed by atoms with van der Waals surface area (Å²) in [6.07, 6.45) is 0.293. The number of nitrogens with zero attached hydrogens (tertiary/aromatic N) is 1. The van der Waals surface area contributed by atoms with Crippen LogP contribution in [-0.2, 0) is 14.1 Å². The van der Waals surface area contributed by atoms with E-state index in [0.717, 1.165) is 22.4 Å². The van der Waals surface area contributed by atoms with Gasteiger partial charge in [-0.2, -0.15) is 0 Å². The molecule has 0 amide bonds. The van der Waals surface area contributed by atoms with E-state index >= 15 is 0 Å². The Morgan fingerprint density at radius 1 is 0.925 bits per heavy atom. The third-order valence-corrected chi connectivity index (χ3v) is 6.99. The van der Waals surface area contributed by atoms with E-state index in [9.17, 15) is 18.9 Å². The van der Waals surface area contributed by atoms with E-state index in [1.165, 1.54) is 12.1 Å². The summed E-state index contributed by atoms with van der Waals surface area (Å²) >= 11 is 0. The Morgan fingerprint density at radius 2 is 1.50 bits per heavy atom. The maximum atomic E-state index is 14.0. The molecule has 0 aliphatic carbocycles. The summed E-state index contributed by atoms with van der Waals surface area (Å²) in [5.41, 5.74) is 5.92. The lowest BCUT2D eigenvalue weighted by atomic mass is 9.85. The fourth-order valence-electron chi connectivity index (χ4n) is 4.39. The lowest BCUT2D eigenvalue weighted by Gasteiger charge is -2.21. The van der Waals surface area contributed by atoms with Crippen LogP contribution in [0.25, 0.3) is 33.5 Å². The van der Waals surface area contributed by atoms with Gasteiger partial charge in [-0.25, -0.2) is 4.39 Å². The summed E-state index contributed by atoms with van der Waals surface area (Å²) in [7, 11) is -2.93. The number of aromatic nitrogens is 1. The van der Waals surface area contributed by atoms with Crippen molar-refractivity contribution in [2.75, 3.05) is 6.16 Å². The lowest BCUT2D eigenvalue weighted by molar-refractivity contribution is -0.138. The van der Waals surface area contributed by atoms with E-state index in [0.29, 0.717) is 22.4 Å². The minimum Gasteiger partial charge on any atom is -0.392 e. The summed E-state index contributed by atoms with van der Waals surface area (Å²) < 4.78 is 30.1. The molecule has 0 saturated heterocycles. The van der Waals surface area contributed by atoms with Crippen LogP contribution in [0.2, 0.25) is 0 Å². The number of aliphatic hydroxyl groups is 1. The molecule has 1 aromatic heterocycles. The standard InChI is InChI=1S/C32H29FNO5P/c1-21(2)31-27(17-18-39-28(36)19-26(35)20-40(37)38)29(23-13-15-25(33)16-14-23)30(22-9-5-3-6-10-22)32(34-31)24-11-7-4-8-12-24/h3-16,21,26,35,40H,19-20H2,1-2H3,(H,37,38). The van der Waals surface area contributed by atoms with Gasteiger partial charge in [0.25, 0.3) is 0 Å². The van der Waals surface area contributed by atoms with Gasteiger partial charge < -0.3 is 14.7 Å². The highest BCUT2D eigenvalue weighted by Crippen LogP contribution is 2.43. The van der Waals surface area contributed by atoms with Crippen LogP contribution in [0.5, 0.6) is 0 Å². The molecule has 40 heavy (non-hydrogen) atoms. The van der Waals surface area contributed by atoms with Crippen molar-refractivity contribution in [1.29, 1.82) is 0 Å². The van der Waals surface area contributed by atoms with Crippen molar-refractivity contribution in [3.8, 4) is 45.5 Å². The molecule has 3 aromatic carbocycles. The van der Waals surface area contributed by atoms with Crippen molar-refractivity contribution in [1.82, 2.24) is 4.98 Å². The van der Waals surface area contributed by atoms with Crippen LogP contribution in [0.4, 0.5) is 4.39 Å². The molecule has 0 aliphatic heterocycles. The molecule has 204 valence electrons. The predicted molar refractivity (Wildman–Crippen MR) is 154 cm³/mol. The molecule has 6 nitrogen and oxygen atoms in total. The highest BCUT2D eigenvalue weighted by molar-refractivity contribution is 7.38. The Labute approximate surface area is 233 Å². The number of aliphatic hydroxyl groups excluding tert-OH is 1. The van der Waals surface area contributed by atoms with Gasteiger partial charge in [0.2, 0.25) is 0 Å². The third-order valence-electron chi connectivity index (χ3n) is 6.17. The lowest BCUT2D eigenvalue weighted by Crippen LogP contribution is -2.16. The fraction of sp³-hybridized carbons (Fsp3) is 0.188. The van der Waals surface area contributed by atoms with Gasteiger partial charge in [0.15, 0.2) is 8.03 Å². The second-order valence-electron chi connectivity index (χ2n) is 9.52. The molecular weight excluding hydrogens is 528 g/mol. The van der Waals surface area contributed by atoms with Crippen molar-refractivity contribution in [3.05, 3.63) is 102 Å². The summed E-state index contributed by atoms with van der Waals surface area (Å²) in [4.78, 5) is 26.3. The first kappa shape index (κ1) is 28.9. The monoisotopic (exact) mass is 557 g/mol. The third kappa shape index (κ3) is 7.11. The van der Waals surface area contributed by atoms with E-state index in [4.69, 9.17) is 14.6 Å². The van der Waals surface area contributed by atoms with E-state index < -0.39 is 32.7 Å². The van der Waals surface area contributed by atoms with Gasteiger partial charge in [0, 0.05) is 22.9 Å².